The van der Waals surface area contributed by atoms with Gasteiger partial charge in [-0.2, -0.15) is 0 Å². The summed E-state index contributed by atoms with van der Waals surface area (Å²) in [6, 6.07) is 17.8. The van der Waals surface area contributed by atoms with Gasteiger partial charge in [0.1, 0.15) is 0 Å². The van der Waals surface area contributed by atoms with Gasteiger partial charge in [-0.05, 0) is 29.5 Å². The normalized spacial score (nSPS) is 9.78. The first-order chi connectivity index (χ1) is 8.74. The summed E-state index contributed by atoms with van der Waals surface area (Å²) in [5, 5.41) is 0. The molecule has 1 heteroatoms. The molecule has 0 N–H and O–H groups in total. The van der Waals surface area contributed by atoms with E-state index in [1.54, 1.807) is 0 Å². The molecule has 2 rings (SSSR count). The van der Waals surface area contributed by atoms with E-state index >= 15 is 0 Å². The van der Waals surface area contributed by atoms with Crippen LogP contribution in [0.5, 0.6) is 0 Å². The van der Waals surface area contributed by atoms with Gasteiger partial charge in [-0.3, -0.25) is 4.99 Å². The first kappa shape index (κ1) is 12.1. The van der Waals surface area contributed by atoms with Crippen molar-refractivity contribution in [2.24, 2.45) is 4.99 Å². The smallest absolute Gasteiger partial charge is 0.0700 e. The second kappa shape index (κ2) is 5.28. The van der Waals surface area contributed by atoms with Crippen molar-refractivity contribution in [3.05, 3.63) is 78.9 Å². The third-order valence-electron chi connectivity index (χ3n) is 2.89. The van der Waals surface area contributed by atoms with E-state index in [9.17, 15) is 0 Å². The predicted octanol–water partition coefficient (Wildman–Crippen LogP) is 4.75. The first-order valence-corrected chi connectivity index (χ1v) is 5.73. The number of hydrogen-bond acceptors (Lipinski definition) is 1. The summed E-state index contributed by atoms with van der Waals surface area (Å²) in [6.07, 6.45) is 0. The van der Waals surface area contributed by atoms with Crippen LogP contribution in [0.2, 0.25) is 0 Å². The van der Waals surface area contributed by atoms with Crippen molar-refractivity contribution in [2.75, 3.05) is 0 Å². The summed E-state index contributed by atoms with van der Waals surface area (Å²) in [5.74, 6) is 0. The summed E-state index contributed by atoms with van der Waals surface area (Å²) in [4.78, 5) is 4.02. The molecule has 0 radical (unpaired) electrons. The predicted molar refractivity (Wildman–Crippen MR) is 80.2 cm³/mol. The number of para-hydroxylation sites is 1. The van der Waals surface area contributed by atoms with Crippen LogP contribution in [0.3, 0.4) is 0 Å². The zero-order valence-corrected chi connectivity index (χ0v) is 10.3. The van der Waals surface area contributed by atoms with Crippen LogP contribution in [0.15, 0.2) is 72.7 Å². The van der Waals surface area contributed by atoms with E-state index in [4.69, 9.17) is 0 Å². The SMILES string of the molecule is C=Nc1ccccc1C(=C)C(=C)c1ccccc1. The molecule has 18 heavy (non-hydrogen) atoms. The van der Waals surface area contributed by atoms with Gasteiger partial charge in [0.2, 0.25) is 0 Å². The second-order valence-corrected chi connectivity index (χ2v) is 4.00. The lowest BCUT2D eigenvalue weighted by Gasteiger charge is -2.12. The average Bonchev–Trinajstić information content (AvgIpc) is 2.46. The van der Waals surface area contributed by atoms with E-state index in [0.29, 0.717) is 0 Å². The Balaban J connectivity index is 2.38. The third-order valence-corrected chi connectivity index (χ3v) is 2.89. The van der Waals surface area contributed by atoms with Crippen molar-refractivity contribution in [1.82, 2.24) is 0 Å². The molecule has 0 saturated carbocycles. The molecule has 0 aliphatic carbocycles. The van der Waals surface area contributed by atoms with Crippen LogP contribution in [0.25, 0.3) is 11.1 Å². The molecule has 0 aromatic heterocycles. The molecule has 0 heterocycles. The molecule has 0 fully saturated rings. The Morgan fingerprint density at radius 2 is 1.39 bits per heavy atom. The number of nitrogens with zero attached hydrogens (tertiary/aromatic N) is 1. The fourth-order valence-corrected chi connectivity index (χ4v) is 1.84. The Labute approximate surface area is 108 Å². The molecule has 0 aliphatic heterocycles. The first-order valence-electron chi connectivity index (χ1n) is 5.73. The highest BCUT2D eigenvalue weighted by atomic mass is 14.7. The van der Waals surface area contributed by atoms with Crippen molar-refractivity contribution in [2.45, 2.75) is 0 Å². The minimum atomic E-state index is 0.833. The highest BCUT2D eigenvalue weighted by molar-refractivity contribution is 6.05. The van der Waals surface area contributed by atoms with E-state index in [-0.39, 0.29) is 0 Å². The Bertz CT molecular complexity index is 594. The van der Waals surface area contributed by atoms with Gasteiger partial charge in [0.25, 0.3) is 0 Å². The van der Waals surface area contributed by atoms with Crippen LogP contribution in [0, 0.1) is 0 Å². The van der Waals surface area contributed by atoms with Crippen molar-refractivity contribution in [3.63, 3.8) is 0 Å². The van der Waals surface area contributed by atoms with Crippen LogP contribution in [0.1, 0.15) is 11.1 Å². The number of benzene rings is 2. The lowest BCUT2D eigenvalue weighted by atomic mass is 9.94. The quantitative estimate of drug-likeness (QED) is 0.534. The van der Waals surface area contributed by atoms with Crippen LogP contribution in [0.4, 0.5) is 5.69 Å². The highest BCUT2D eigenvalue weighted by Gasteiger charge is 2.08. The van der Waals surface area contributed by atoms with Crippen LogP contribution in [-0.2, 0) is 0 Å². The number of rotatable bonds is 4. The maximum absolute atomic E-state index is 4.12. The van der Waals surface area contributed by atoms with Crippen molar-refractivity contribution < 1.29 is 0 Å². The molecule has 0 saturated heterocycles. The van der Waals surface area contributed by atoms with E-state index in [1.807, 2.05) is 54.6 Å². The molecular weight excluding hydrogens is 218 g/mol. The average molecular weight is 233 g/mol. The van der Waals surface area contributed by atoms with Crippen LogP contribution in [-0.4, -0.2) is 6.72 Å². The lowest BCUT2D eigenvalue weighted by Crippen LogP contribution is -1.88. The van der Waals surface area contributed by atoms with Gasteiger partial charge < -0.3 is 0 Å². The summed E-state index contributed by atoms with van der Waals surface area (Å²) in [5.41, 5.74) is 4.66. The summed E-state index contributed by atoms with van der Waals surface area (Å²) in [7, 11) is 0. The Hall–Kier alpha value is -2.41. The van der Waals surface area contributed by atoms with Gasteiger partial charge in [0.05, 0.1) is 5.69 Å². The van der Waals surface area contributed by atoms with Crippen molar-refractivity contribution in [3.8, 4) is 0 Å². The fourth-order valence-electron chi connectivity index (χ4n) is 1.84. The number of aliphatic imine (C=N–C) groups is 1. The molecular formula is C17H15N. The third kappa shape index (κ3) is 2.30. The van der Waals surface area contributed by atoms with Gasteiger partial charge in [0, 0.05) is 5.56 Å². The minimum Gasteiger partial charge on any atom is -0.264 e. The molecule has 0 unspecified atom stereocenters. The Morgan fingerprint density at radius 3 is 2.06 bits per heavy atom. The highest BCUT2D eigenvalue weighted by Crippen LogP contribution is 2.33. The minimum absolute atomic E-state index is 0.833. The van der Waals surface area contributed by atoms with E-state index in [0.717, 1.165) is 28.0 Å². The van der Waals surface area contributed by atoms with Gasteiger partial charge in [-0.15, -0.1) is 0 Å². The molecule has 0 amide bonds. The number of allylic oxidation sites excluding steroid dienone is 2. The molecule has 0 atom stereocenters. The Morgan fingerprint density at radius 1 is 0.778 bits per heavy atom. The molecule has 0 aliphatic rings. The molecule has 2 aromatic carbocycles. The van der Waals surface area contributed by atoms with Gasteiger partial charge in [-0.1, -0.05) is 61.7 Å². The monoisotopic (exact) mass is 233 g/mol. The van der Waals surface area contributed by atoms with Crippen molar-refractivity contribution in [1.29, 1.82) is 0 Å². The zero-order chi connectivity index (χ0) is 13.0. The summed E-state index contributed by atoms with van der Waals surface area (Å²) < 4.78 is 0. The standard InChI is InChI=1S/C17H15N/c1-13(15-9-5-4-6-10-15)14(2)16-11-7-8-12-17(16)18-3/h4-12H,1-3H2. The van der Waals surface area contributed by atoms with Crippen LogP contribution >= 0.6 is 0 Å². The number of hydrogen-bond donors (Lipinski definition) is 0. The zero-order valence-electron chi connectivity index (χ0n) is 10.3. The van der Waals surface area contributed by atoms with Gasteiger partial charge in [0.15, 0.2) is 0 Å². The topological polar surface area (TPSA) is 12.4 Å². The van der Waals surface area contributed by atoms with E-state index in [1.165, 1.54) is 0 Å². The molecule has 0 bridgehead atoms. The summed E-state index contributed by atoms with van der Waals surface area (Å²) in [6.45, 7) is 11.8. The maximum atomic E-state index is 4.12. The molecule has 2 aromatic rings. The molecule has 0 spiro atoms. The Kier molecular flexibility index (Phi) is 3.54. The van der Waals surface area contributed by atoms with E-state index in [2.05, 4.69) is 24.9 Å². The second-order valence-electron chi connectivity index (χ2n) is 4.00. The molecule has 88 valence electrons. The van der Waals surface area contributed by atoms with Gasteiger partial charge in [-0.25, -0.2) is 0 Å². The van der Waals surface area contributed by atoms with E-state index < -0.39 is 0 Å². The maximum Gasteiger partial charge on any atom is 0.0700 e. The van der Waals surface area contributed by atoms with Gasteiger partial charge >= 0.3 is 0 Å². The largest absolute Gasteiger partial charge is 0.264 e. The van der Waals surface area contributed by atoms with Crippen LogP contribution < -0.4 is 0 Å². The van der Waals surface area contributed by atoms with Crippen molar-refractivity contribution >= 4 is 23.6 Å². The fraction of sp³-hybridized carbons (Fsp3) is 0. The molecule has 1 nitrogen and oxygen atoms in total. The summed E-state index contributed by atoms with van der Waals surface area (Å²) >= 11 is 0. The lowest BCUT2D eigenvalue weighted by molar-refractivity contribution is 1.51.